The molecule has 11 nitrogen and oxygen atoms in total. The average molecular weight is 436 g/mol. The number of methoxy groups -OCH3 is 1. The first-order valence-corrected chi connectivity index (χ1v) is 9.75. The molecule has 0 bridgehead atoms. The lowest BCUT2D eigenvalue weighted by atomic mass is 10.2. The molecule has 0 saturated carbocycles. The van der Waals surface area contributed by atoms with Crippen LogP contribution < -0.4 is 20.3 Å². The Bertz CT molecular complexity index is 1280. The lowest BCUT2D eigenvalue weighted by Crippen LogP contribution is -2.37. The third-order valence-corrected chi connectivity index (χ3v) is 4.69. The standard InChI is InChI=1S/C21H20N6O5/c1-13(27-21(29)16-5-3-4-6-17(16)24-26-27)20(28)22-11-19-23-18(25-32-19)12-31-15-9-7-14(30-2)8-10-15/h3-10,13H,11-12H2,1-2H3,(H,22,28)/t13-/m0/s1. The maximum Gasteiger partial charge on any atom is 0.278 e. The number of amides is 1. The van der Waals surface area contributed by atoms with Gasteiger partial charge in [-0.25, -0.2) is 0 Å². The van der Waals surface area contributed by atoms with Gasteiger partial charge in [0.05, 0.1) is 19.0 Å². The van der Waals surface area contributed by atoms with Crippen LogP contribution in [0.5, 0.6) is 11.5 Å². The summed E-state index contributed by atoms with van der Waals surface area (Å²) in [5.74, 6) is 1.44. The molecule has 0 unspecified atom stereocenters. The van der Waals surface area contributed by atoms with Crippen molar-refractivity contribution in [2.45, 2.75) is 26.1 Å². The molecule has 1 N–H and O–H groups in total. The number of carbonyl (C=O) groups excluding carboxylic acids is 1. The van der Waals surface area contributed by atoms with Crippen LogP contribution in [0, 0.1) is 0 Å². The number of fused-ring (bicyclic) bond motifs is 1. The van der Waals surface area contributed by atoms with Crippen molar-refractivity contribution in [3.8, 4) is 11.5 Å². The van der Waals surface area contributed by atoms with Gasteiger partial charge in [0.15, 0.2) is 6.61 Å². The smallest absolute Gasteiger partial charge is 0.278 e. The number of hydrogen-bond donors (Lipinski definition) is 1. The minimum Gasteiger partial charge on any atom is -0.497 e. The lowest BCUT2D eigenvalue weighted by molar-refractivity contribution is -0.124. The van der Waals surface area contributed by atoms with E-state index in [4.69, 9.17) is 14.0 Å². The second kappa shape index (κ2) is 9.25. The molecule has 1 atom stereocenters. The van der Waals surface area contributed by atoms with Crippen LogP contribution in [0.25, 0.3) is 10.9 Å². The summed E-state index contributed by atoms with van der Waals surface area (Å²) in [5, 5.41) is 14.7. The normalized spacial score (nSPS) is 11.8. The van der Waals surface area contributed by atoms with Crippen LogP contribution in [0.1, 0.15) is 24.7 Å². The van der Waals surface area contributed by atoms with Gasteiger partial charge >= 0.3 is 0 Å². The third-order valence-electron chi connectivity index (χ3n) is 4.69. The summed E-state index contributed by atoms with van der Waals surface area (Å²) >= 11 is 0. The van der Waals surface area contributed by atoms with E-state index < -0.39 is 17.5 Å². The Balaban J connectivity index is 1.33. The zero-order valence-corrected chi connectivity index (χ0v) is 17.4. The molecule has 2 aromatic carbocycles. The maximum absolute atomic E-state index is 12.6. The second-order valence-electron chi connectivity index (χ2n) is 6.82. The van der Waals surface area contributed by atoms with E-state index in [1.807, 2.05) is 0 Å². The molecular weight excluding hydrogens is 416 g/mol. The number of benzene rings is 2. The van der Waals surface area contributed by atoms with Gasteiger partial charge in [0.1, 0.15) is 23.1 Å². The van der Waals surface area contributed by atoms with E-state index in [1.54, 1.807) is 62.6 Å². The molecule has 164 valence electrons. The van der Waals surface area contributed by atoms with Crippen molar-refractivity contribution < 1.29 is 18.8 Å². The molecule has 0 aliphatic rings. The quantitative estimate of drug-likeness (QED) is 0.437. The van der Waals surface area contributed by atoms with E-state index in [9.17, 15) is 9.59 Å². The number of carbonyl (C=O) groups is 1. The zero-order valence-electron chi connectivity index (χ0n) is 17.4. The molecule has 1 amide bonds. The molecule has 2 heterocycles. The fourth-order valence-electron chi connectivity index (χ4n) is 2.92. The summed E-state index contributed by atoms with van der Waals surface area (Å²) in [4.78, 5) is 29.3. The van der Waals surface area contributed by atoms with Crippen LogP contribution in [0.3, 0.4) is 0 Å². The minimum absolute atomic E-state index is 0.00549. The molecule has 0 fully saturated rings. The number of nitrogens with zero attached hydrogens (tertiary/aromatic N) is 5. The predicted molar refractivity (Wildman–Crippen MR) is 112 cm³/mol. The molecule has 0 spiro atoms. The number of hydrogen-bond acceptors (Lipinski definition) is 9. The maximum atomic E-state index is 12.6. The number of aromatic nitrogens is 5. The fraction of sp³-hybridized carbons (Fsp3) is 0.238. The highest BCUT2D eigenvalue weighted by atomic mass is 16.5. The van der Waals surface area contributed by atoms with E-state index in [1.165, 1.54) is 0 Å². The van der Waals surface area contributed by atoms with Gasteiger partial charge in [-0.1, -0.05) is 22.5 Å². The summed E-state index contributed by atoms with van der Waals surface area (Å²) in [6, 6.07) is 13.0. The molecule has 32 heavy (non-hydrogen) atoms. The molecular formula is C21H20N6O5. The number of ether oxygens (including phenoxy) is 2. The number of rotatable bonds is 8. The molecule has 4 aromatic rings. The highest BCUT2D eigenvalue weighted by Gasteiger charge is 2.20. The predicted octanol–water partition coefficient (Wildman–Crippen LogP) is 1.64. The van der Waals surface area contributed by atoms with Gasteiger partial charge in [-0.2, -0.15) is 9.67 Å². The molecule has 0 aliphatic carbocycles. The van der Waals surface area contributed by atoms with Gasteiger partial charge in [0, 0.05) is 0 Å². The van der Waals surface area contributed by atoms with Crippen molar-refractivity contribution >= 4 is 16.8 Å². The molecule has 2 aromatic heterocycles. The van der Waals surface area contributed by atoms with Crippen molar-refractivity contribution in [1.82, 2.24) is 30.5 Å². The van der Waals surface area contributed by atoms with E-state index in [2.05, 4.69) is 25.8 Å². The van der Waals surface area contributed by atoms with Gasteiger partial charge in [0.2, 0.25) is 17.6 Å². The van der Waals surface area contributed by atoms with E-state index in [0.717, 1.165) is 10.4 Å². The Kier molecular flexibility index (Phi) is 6.06. The first-order chi connectivity index (χ1) is 15.5. The van der Waals surface area contributed by atoms with Crippen molar-refractivity contribution in [2.24, 2.45) is 0 Å². The van der Waals surface area contributed by atoms with Gasteiger partial charge in [-0.15, -0.1) is 5.10 Å². The zero-order chi connectivity index (χ0) is 22.5. The lowest BCUT2D eigenvalue weighted by Gasteiger charge is -2.12. The van der Waals surface area contributed by atoms with Gasteiger partial charge in [-0.05, 0) is 43.3 Å². The summed E-state index contributed by atoms with van der Waals surface area (Å²) in [6.07, 6.45) is 0. The van der Waals surface area contributed by atoms with Gasteiger partial charge in [0.25, 0.3) is 5.56 Å². The molecule has 0 aliphatic heterocycles. The first kappa shape index (κ1) is 21.0. The van der Waals surface area contributed by atoms with Crippen LogP contribution >= 0.6 is 0 Å². The Labute approximate surface area is 182 Å². The van der Waals surface area contributed by atoms with Gasteiger partial charge < -0.3 is 19.3 Å². The Hall–Kier alpha value is -4.28. The Morgan fingerprint density at radius 2 is 1.91 bits per heavy atom. The fourth-order valence-corrected chi connectivity index (χ4v) is 2.92. The van der Waals surface area contributed by atoms with Crippen molar-refractivity contribution in [3.63, 3.8) is 0 Å². The average Bonchev–Trinajstić information content (AvgIpc) is 3.29. The van der Waals surface area contributed by atoms with Crippen molar-refractivity contribution in [2.75, 3.05) is 7.11 Å². The summed E-state index contributed by atoms with van der Waals surface area (Å²) < 4.78 is 16.9. The SMILES string of the molecule is COc1ccc(OCc2noc(CNC(=O)[C@H](C)n3nnc4ccccc4c3=O)n2)cc1. The minimum atomic E-state index is -0.875. The molecule has 0 saturated heterocycles. The molecule has 4 rings (SSSR count). The summed E-state index contributed by atoms with van der Waals surface area (Å²) in [7, 11) is 1.59. The molecule has 0 radical (unpaired) electrons. The Morgan fingerprint density at radius 1 is 1.16 bits per heavy atom. The number of nitrogens with one attached hydrogen (secondary N) is 1. The highest BCUT2D eigenvalue weighted by molar-refractivity contribution is 5.80. The topological polar surface area (TPSA) is 134 Å². The van der Waals surface area contributed by atoms with Crippen molar-refractivity contribution in [3.05, 3.63) is 70.6 Å². The van der Waals surface area contributed by atoms with Crippen LogP contribution in [0.2, 0.25) is 0 Å². The van der Waals surface area contributed by atoms with Crippen LogP contribution in [-0.2, 0) is 17.9 Å². The second-order valence-corrected chi connectivity index (χ2v) is 6.82. The van der Waals surface area contributed by atoms with E-state index >= 15 is 0 Å². The monoisotopic (exact) mass is 436 g/mol. The van der Waals surface area contributed by atoms with Crippen LogP contribution in [0.4, 0.5) is 0 Å². The van der Waals surface area contributed by atoms with Crippen molar-refractivity contribution in [1.29, 1.82) is 0 Å². The summed E-state index contributed by atoms with van der Waals surface area (Å²) in [5.41, 5.74) is 0.0746. The summed E-state index contributed by atoms with van der Waals surface area (Å²) in [6.45, 7) is 1.65. The van der Waals surface area contributed by atoms with Crippen LogP contribution in [0.15, 0.2) is 57.8 Å². The van der Waals surface area contributed by atoms with Crippen LogP contribution in [-0.4, -0.2) is 38.2 Å². The first-order valence-electron chi connectivity index (χ1n) is 9.75. The van der Waals surface area contributed by atoms with Gasteiger partial charge in [-0.3, -0.25) is 9.59 Å². The Morgan fingerprint density at radius 3 is 2.69 bits per heavy atom. The largest absolute Gasteiger partial charge is 0.497 e. The highest BCUT2D eigenvalue weighted by Crippen LogP contribution is 2.17. The third kappa shape index (κ3) is 4.56. The van der Waals surface area contributed by atoms with E-state index in [-0.39, 0.29) is 19.0 Å². The molecule has 11 heteroatoms. The van der Waals surface area contributed by atoms with E-state index in [0.29, 0.717) is 22.5 Å².